The zero-order valence-corrected chi connectivity index (χ0v) is 10.5. The van der Waals surface area contributed by atoms with Gasteiger partial charge < -0.3 is 0 Å². The quantitative estimate of drug-likeness (QED) is 0.840. The highest BCUT2D eigenvalue weighted by Crippen LogP contribution is 2.17. The van der Waals surface area contributed by atoms with Gasteiger partial charge >= 0.3 is 0 Å². The molecule has 1 heterocycles. The molecule has 2 rings (SSSR count). The number of rotatable bonds is 2. The second kappa shape index (κ2) is 5.22. The van der Waals surface area contributed by atoms with E-state index in [0.29, 0.717) is 10.6 Å². The van der Waals surface area contributed by atoms with Crippen molar-refractivity contribution in [3.63, 3.8) is 0 Å². The number of pyridine rings is 1. The molecule has 0 amide bonds. The molecule has 0 aliphatic rings. The van der Waals surface area contributed by atoms with E-state index in [1.165, 1.54) is 0 Å². The minimum atomic E-state index is 0.350. The van der Waals surface area contributed by atoms with E-state index in [0.717, 1.165) is 22.6 Å². The minimum Gasteiger partial charge on any atom is -0.244 e. The van der Waals surface area contributed by atoms with Crippen molar-refractivity contribution in [1.29, 1.82) is 5.26 Å². The fourth-order valence-electron chi connectivity index (χ4n) is 1.56. The number of hydrogen-bond donors (Lipinski definition) is 1. The van der Waals surface area contributed by atoms with Crippen molar-refractivity contribution in [1.82, 2.24) is 4.98 Å². The van der Waals surface area contributed by atoms with Crippen LogP contribution in [0.4, 0.5) is 0 Å². The molecule has 0 unspecified atom stereocenters. The average Bonchev–Trinajstić information content (AvgIpc) is 2.29. The number of aromatic nitrogens is 1. The standard InChI is InChI=1S/C13H9ClN2S/c14-11-3-1-2-9(5-11)4-10-6-13(17)12(7-15)16-8-10/h1-3,5-6,8,17H,4H2. The van der Waals surface area contributed by atoms with Crippen molar-refractivity contribution in [3.05, 3.63) is 58.4 Å². The molecule has 0 atom stereocenters. The topological polar surface area (TPSA) is 36.7 Å². The molecule has 2 nitrogen and oxygen atoms in total. The highest BCUT2D eigenvalue weighted by atomic mass is 35.5. The summed E-state index contributed by atoms with van der Waals surface area (Å²) >= 11 is 10.1. The van der Waals surface area contributed by atoms with Gasteiger partial charge in [0.25, 0.3) is 0 Å². The molecule has 2 aromatic rings. The predicted molar refractivity (Wildman–Crippen MR) is 70.5 cm³/mol. The molecule has 0 bridgehead atoms. The predicted octanol–water partition coefficient (Wildman–Crippen LogP) is 3.49. The van der Waals surface area contributed by atoms with Gasteiger partial charge in [-0.1, -0.05) is 23.7 Å². The molecule has 1 aromatic heterocycles. The van der Waals surface area contributed by atoms with Crippen LogP contribution in [-0.4, -0.2) is 4.98 Å². The lowest BCUT2D eigenvalue weighted by Crippen LogP contribution is -1.92. The first-order valence-electron chi connectivity index (χ1n) is 5.01. The zero-order chi connectivity index (χ0) is 12.3. The lowest BCUT2D eigenvalue weighted by molar-refractivity contribution is 1.09. The third kappa shape index (κ3) is 3.00. The molecule has 0 aliphatic carbocycles. The van der Waals surface area contributed by atoms with Crippen LogP contribution in [0.5, 0.6) is 0 Å². The maximum Gasteiger partial charge on any atom is 0.153 e. The molecule has 0 saturated heterocycles. The summed E-state index contributed by atoms with van der Waals surface area (Å²) in [5.74, 6) is 0. The minimum absolute atomic E-state index is 0.350. The monoisotopic (exact) mass is 260 g/mol. The molecule has 0 saturated carbocycles. The van der Waals surface area contributed by atoms with E-state index >= 15 is 0 Å². The molecule has 0 aliphatic heterocycles. The normalized spacial score (nSPS) is 9.94. The maximum absolute atomic E-state index is 8.76. The van der Waals surface area contributed by atoms with Gasteiger partial charge in [0.05, 0.1) is 0 Å². The highest BCUT2D eigenvalue weighted by Gasteiger charge is 2.03. The van der Waals surface area contributed by atoms with E-state index < -0.39 is 0 Å². The van der Waals surface area contributed by atoms with Crippen molar-refractivity contribution >= 4 is 24.2 Å². The fraction of sp³-hybridized carbons (Fsp3) is 0.0769. The second-order valence-electron chi connectivity index (χ2n) is 3.63. The summed E-state index contributed by atoms with van der Waals surface area (Å²) < 4.78 is 0. The molecule has 0 N–H and O–H groups in total. The summed E-state index contributed by atoms with van der Waals surface area (Å²) in [4.78, 5) is 4.65. The van der Waals surface area contributed by atoms with E-state index in [1.807, 2.05) is 36.4 Å². The third-order valence-electron chi connectivity index (χ3n) is 2.33. The van der Waals surface area contributed by atoms with Crippen LogP contribution in [0.3, 0.4) is 0 Å². The number of nitriles is 1. The molecular formula is C13H9ClN2S. The van der Waals surface area contributed by atoms with Gasteiger partial charge in [-0.05, 0) is 35.7 Å². The van der Waals surface area contributed by atoms with Gasteiger partial charge in [-0.15, -0.1) is 12.6 Å². The SMILES string of the molecule is N#Cc1ncc(Cc2cccc(Cl)c2)cc1S. The Kier molecular flexibility index (Phi) is 3.68. The van der Waals surface area contributed by atoms with E-state index in [2.05, 4.69) is 17.6 Å². The van der Waals surface area contributed by atoms with E-state index in [-0.39, 0.29) is 0 Å². The summed E-state index contributed by atoms with van der Waals surface area (Å²) in [6.07, 6.45) is 2.42. The molecule has 0 fully saturated rings. The average molecular weight is 261 g/mol. The fourth-order valence-corrected chi connectivity index (χ4v) is 2.05. The summed E-state index contributed by atoms with van der Waals surface area (Å²) in [5.41, 5.74) is 2.47. The van der Waals surface area contributed by atoms with Crippen molar-refractivity contribution < 1.29 is 0 Å². The van der Waals surface area contributed by atoms with Gasteiger partial charge in [0.15, 0.2) is 5.69 Å². The Morgan fingerprint density at radius 3 is 2.76 bits per heavy atom. The second-order valence-corrected chi connectivity index (χ2v) is 4.55. The summed E-state index contributed by atoms with van der Waals surface area (Å²) in [5, 5.41) is 9.47. The lowest BCUT2D eigenvalue weighted by atomic mass is 10.1. The smallest absolute Gasteiger partial charge is 0.153 e. The van der Waals surface area contributed by atoms with Gasteiger partial charge in [0.2, 0.25) is 0 Å². The lowest BCUT2D eigenvalue weighted by Gasteiger charge is -2.03. The first kappa shape index (κ1) is 12.0. The van der Waals surface area contributed by atoms with Crippen LogP contribution in [0.1, 0.15) is 16.8 Å². The maximum atomic E-state index is 8.76. The van der Waals surface area contributed by atoms with Crippen LogP contribution >= 0.6 is 24.2 Å². The Balaban J connectivity index is 2.25. The number of nitrogens with zero attached hydrogens (tertiary/aromatic N) is 2. The van der Waals surface area contributed by atoms with Crippen LogP contribution in [0, 0.1) is 11.3 Å². The van der Waals surface area contributed by atoms with Crippen LogP contribution in [-0.2, 0) is 6.42 Å². The Morgan fingerprint density at radius 1 is 1.29 bits per heavy atom. The van der Waals surface area contributed by atoms with Gasteiger partial charge in [0, 0.05) is 16.1 Å². The summed E-state index contributed by atoms with van der Waals surface area (Å²) in [7, 11) is 0. The molecule has 0 radical (unpaired) electrons. The van der Waals surface area contributed by atoms with E-state index in [9.17, 15) is 0 Å². The van der Waals surface area contributed by atoms with Gasteiger partial charge in [-0.25, -0.2) is 4.98 Å². The third-order valence-corrected chi connectivity index (χ3v) is 2.90. The Labute approximate surface area is 110 Å². The van der Waals surface area contributed by atoms with Crippen molar-refractivity contribution in [3.8, 4) is 6.07 Å². The first-order chi connectivity index (χ1) is 8.19. The molecule has 1 aromatic carbocycles. The van der Waals surface area contributed by atoms with E-state index in [4.69, 9.17) is 16.9 Å². The Morgan fingerprint density at radius 2 is 2.12 bits per heavy atom. The first-order valence-corrected chi connectivity index (χ1v) is 5.84. The van der Waals surface area contributed by atoms with Crippen LogP contribution in [0.2, 0.25) is 5.02 Å². The number of benzene rings is 1. The Bertz CT molecular complexity index is 590. The van der Waals surface area contributed by atoms with E-state index in [1.54, 1.807) is 6.20 Å². The van der Waals surface area contributed by atoms with Gasteiger partial charge in [-0.3, -0.25) is 0 Å². The van der Waals surface area contributed by atoms with Crippen LogP contribution in [0.25, 0.3) is 0 Å². The van der Waals surface area contributed by atoms with Crippen LogP contribution in [0.15, 0.2) is 41.4 Å². The van der Waals surface area contributed by atoms with Crippen LogP contribution < -0.4 is 0 Å². The zero-order valence-electron chi connectivity index (χ0n) is 8.89. The molecule has 4 heteroatoms. The molecular weight excluding hydrogens is 252 g/mol. The summed E-state index contributed by atoms with van der Waals surface area (Å²) in [6, 6.07) is 11.5. The highest BCUT2D eigenvalue weighted by molar-refractivity contribution is 7.80. The molecule has 0 spiro atoms. The molecule has 84 valence electrons. The van der Waals surface area contributed by atoms with Crippen molar-refractivity contribution in [2.45, 2.75) is 11.3 Å². The largest absolute Gasteiger partial charge is 0.244 e. The van der Waals surface area contributed by atoms with Crippen molar-refractivity contribution in [2.75, 3.05) is 0 Å². The van der Waals surface area contributed by atoms with Crippen molar-refractivity contribution in [2.24, 2.45) is 0 Å². The number of halogens is 1. The molecule has 17 heavy (non-hydrogen) atoms. The summed E-state index contributed by atoms with van der Waals surface area (Å²) in [6.45, 7) is 0. The van der Waals surface area contributed by atoms with Gasteiger partial charge in [0.1, 0.15) is 6.07 Å². The number of hydrogen-bond acceptors (Lipinski definition) is 3. The van der Waals surface area contributed by atoms with Gasteiger partial charge in [-0.2, -0.15) is 5.26 Å². The Hall–Kier alpha value is -1.50. The number of thiol groups is 1.